The highest BCUT2D eigenvalue weighted by Crippen LogP contribution is 2.39. The number of anilines is 2. The third-order valence-electron chi connectivity index (χ3n) is 6.39. The van der Waals surface area contributed by atoms with Gasteiger partial charge in [0.15, 0.2) is 5.65 Å². The molecular formula is C27H26F3N7O2S. The molecule has 0 saturated heterocycles. The van der Waals surface area contributed by atoms with E-state index in [1.807, 2.05) is 16.8 Å². The minimum absolute atomic E-state index is 0.0297. The van der Waals surface area contributed by atoms with Crippen LogP contribution in [-0.2, 0) is 13.0 Å². The van der Waals surface area contributed by atoms with Gasteiger partial charge in [0, 0.05) is 61.5 Å². The fraction of sp³-hybridized carbons (Fsp3) is 0.296. The number of fused-ring (bicyclic) bond motifs is 2. The number of hydrogen-bond donors (Lipinski definition) is 3. The summed E-state index contributed by atoms with van der Waals surface area (Å²) < 4.78 is 49.3. The second-order valence-corrected chi connectivity index (χ2v) is 10.0. The summed E-state index contributed by atoms with van der Waals surface area (Å²) in [5.74, 6) is 5.85. The minimum atomic E-state index is -4.52. The molecule has 0 spiro atoms. The molecule has 0 radical (unpaired) electrons. The Balaban J connectivity index is 1.39. The van der Waals surface area contributed by atoms with Crippen molar-refractivity contribution < 1.29 is 22.7 Å². The molecule has 208 valence electrons. The average Bonchev–Trinajstić information content (AvgIpc) is 3.54. The van der Waals surface area contributed by atoms with Crippen molar-refractivity contribution in [1.82, 2.24) is 24.5 Å². The number of hydrogen-bond acceptors (Lipinski definition) is 7. The van der Waals surface area contributed by atoms with Gasteiger partial charge in [0.05, 0.1) is 25.0 Å². The van der Waals surface area contributed by atoms with E-state index in [0.717, 1.165) is 25.1 Å². The van der Waals surface area contributed by atoms with Crippen molar-refractivity contribution in [2.45, 2.75) is 36.0 Å². The van der Waals surface area contributed by atoms with Crippen LogP contribution in [0.15, 0.2) is 53.8 Å². The molecule has 4 aromatic rings. The predicted molar refractivity (Wildman–Crippen MR) is 147 cm³/mol. The Kier molecular flexibility index (Phi) is 7.79. The van der Waals surface area contributed by atoms with Crippen molar-refractivity contribution in [1.29, 1.82) is 0 Å². The molecule has 4 heterocycles. The number of aryl methyl sites for hydroxylation is 1. The number of pyridine rings is 1. The standard InChI is InChI=1S/C27H26F3N7O2S/c1-31-25(38)17-7-8-20(23(15-17)39-2)32-11-3-5-22-26(40-27(28,29)30)36-13-4-6-21(24(36)35-22)34-18-10-14-37-19(16-18)9-12-33-37/h4,6-9,12-13,15,18,32,34H,10-11,14,16H2,1-2H3,(H,31,38)/t18-/m1/s1. The summed E-state index contributed by atoms with van der Waals surface area (Å²) in [6.45, 7) is 0.871. The number of thioether (sulfide) groups is 1. The fourth-order valence-electron chi connectivity index (χ4n) is 4.55. The van der Waals surface area contributed by atoms with Gasteiger partial charge in [-0.15, -0.1) is 0 Å². The van der Waals surface area contributed by atoms with E-state index in [9.17, 15) is 18.0 Å². The molecule has 9 nitrogen and oxygen atoms in total. The molecule has 13 heteroatoms. The van der Waals surface area contributed by atoms with Crippen LogP contribution in [0.25, 0.3) is 5.65 Å². The first-order valence-corrected chi connectivity index (χ1v) is 13.2. The van der Waals surface area contributed by atoms with E-state index in [1.54, 1.807) is 36.7 Å². The highest BCUT2D eigenvalue weighted by Gasteiger charge is 2.33. The van der Waals surface area contributed by atoms with Gasteiger partial charge in [0.1, 0.15) is 16.5 Å². The van der Waals surface area contributed by atoms with E-state index in [2.05, 4.69) is 37.9 Å². The van der Waals surface area contributed by atoms with Gasteiger partial charge in [-0.1, -0.05) is 5.92 Å². The topological polar surface area (TPSA) is 97.5 Å². The molecule has 0 unspecified atom stereocenters. The van der Waals surface area contributed by atoms with Crippen LogP contribution < -0.4 is 20.7 Å². The molecule has 0 fully saturated rings. The van der Waals surface area contributed by atoms with Gasteiger partial charge in [0.25, 0.3) is 5.91 Å². The summed E-state index contributed by atoms with van der Waals surface area (Å²) in [5.41, 5.74) is -1.36. The van der Waals surface area contributed by atoms with Gasteiger partial charge in [-0.25, -0.2) is 4.98 Å². The summed E-state index contributed by atoms with van der Waals surface area (Å²) in [6.07, 6.45) is 4.90. The van der Waals surface area contributed by atoms with E-state index in [4.69, 9.17) is 4.74 Å². The normalized spacial score (nSPS) is 14.7. The number of rotatable bonds is 7. The zero-order valence-corrected chi connectivity index (χ0v) is 22.5. The van der Waals surface area contributed by atoms with Crippen LogP contribution in [-0.4, -0.2) is 57.3 Å². The molecule has 1 aliphatic rings. The van der Waals surface area contributed by atoms with Crippen LogP contribution in [0.1, 0.15) is 28.2 Å². The third kappa shape index (κ3) is 5.96. The predicted octanol–water partition coefficient (Wildman–Crippen LogP) is 4.40. The summed E-state index contributed by atoms with van der Waals surface area (Å²) in [5, 5.41) is 13.3. The smallest absolute Gasteiger partial charge is 0.447 e. The lowest BCUT2D eigenvalue weighted by atomic mass is 10.0. The van der Waals surface area contributed by atoms with Crippen LogP contribution >= 0.6 is 11.8 Å². The number of ether oxygens (including phenoxy) is 1. The quantitative estimate of drug-likeness (QED) is 0.224. The van der Waals surface area contributed by atoms with E-state index >= 15 is 0 Å². The minimum Gasteiger partial charge on any atom is -0.495 e. The number of methoxy groups -OCH3 is 1. The molecule has 1 atom stereocenters. The highest BCUT2D eigenvalue weighted by molar-refractivity contribution is 8.00. The number of alkyl halides is 3. The van der Waals surface area contributed by atoms with Crippen molar-refractivity contribution >= 4 is 34.7 Å². The Morgan fingerprint density at radius 3 is 2.88 bits per heavy atom. The number of amides is 1. The van der Waals surface area contributed by atoms with Crippen LogP contribution in [0.5, 0.6) is 5.75 Å². The van der Waals surface area contributed by atoms with Gasteiger partial charge >= 0.3 is 5.51 Å². The monoisotopic (exact) mass is 569 g/mol. The molecular weight excluding hydrogens is 543 g/mol. The maximum Gasteiger partial charge on any atom is 0.447 e. The van der Waals surface area contributed by atoms with E-state index < -0.39 is 5.51 Å². The molecule has 40 heavy (non-hydrogen) atoms. The van der Waals surface area contributed by atoms with Gasteiger partial charge in [-0.2, -0.15) is 18.3 Å². The van der Waals surface area contributed by atoms with E-state index in [1.165, 1.54) is 18.6 Å². The molecule has 1 amide bonds. The number of benzene rings is 1. The number of carbonyl (C=O) groups is 1. The molecule has 0 saturated carbocycles. The van der Waals surface area contributed by atoms with Crippen molar-refractivity contribution in [2.24, 2.45) is 0 Å². The fourth-order valence-corrected chi connectivity index (χ4v) is 5.21. The molecule has 1 aliphatic heterocycles. The number of imidazole rings is 1. The third-order valence-corrected chi connectivity index (χ3v) is 7.21. The molecule has 0 bridgehead atoms. The highest BCUT2D eigenvalue weighted by atomic mass is 32.2. The van der Waals surface area contributed by atoms with Gasteiger partial charge in [-0.05, 0) is 48.7 Å². The van der Waals surface area contributed by atoms with Gasteiger partial charge < -0.3 is 20.7 Å². The van der Waals surface area contributed by atoms with E-state index in [-0.39, 0.29) is 41.0 Å². The molecule has 5 rings (SSSR count). The first kappa shape index (κ1) is 27.3. The van der Waals surface area contributed by atoms with Gasteiger partial charge in [0.2, 0.25) is 0 Å². The summed E-state index contributed by atoms with van der Waals surface area (Å²) >= 11 is -0.243. The summed E-state index contributed by atoms with van der Waals surface area (Å²) in [7, 11) is 3.01. The van der Waals surface area contributed by atoms with Crippen molar-refractivity contribution in [3.05, 3.63) is 65.7 Å². The van der Waals surface area contributed by atoms with Crippen LogP contribution in [0.3, 0.4) is 0 Å². The number of halogens is 3. The van der Waals surface area contributed by atoms with Crippen molar-refractivity contribution in [3.63, 3.8) is 0 Å². The van der Waals surface area contributed by atoms with Crippen LogP contribution in [0, 0.1) is 11.8 Å². The number of nitrogens with one attached hydrogen (secondary N) is 3. The maximum atomic E-state index is 13.5. The Bertz CT molecular complexity index is 1600. The Morgan fingerprint density at radius 2 is 2.10 bits per heavy atom. The summed E-state index contributed by atoms with van der Waals surface area (Å²) in [6, 6.07) is 10.5. The second-order valence-electron chi connectivity index (χ2n) is 8.96. The first-order valence-electron chi connectivity index (χ1n) is 12.4. The van der Waals surface area contributed by atoms with Crippen molar-refractivity contribution in [3.8, 4) is 17.6 Å². The SMILES string of the molecule is CNC(=O)c1ccc(NCC#Cc2nc3c(N[C@@H]4CCn5nccc5C4)cccn3c2SC(F)(F)F)c(OC)c1. The zero-order chi connectivity index (χ0) is 28.3. The number of nitrogens with zero attached hydrogens (tertiary/aromatic N) is 4. The molecule has 1 aromatic carbocycles. The van der Waals surface area contributed by atoms with E-state index in [0.29, 0.717) is 28.3 Å². The zero-order valence-electron chi connectivity index (χ0n) is 21.7. The molecule has 0 aliphatic carbocycles. The lowest BCUT2D eigenvalue weighted by Crippen LogP contribution is -2.30. The Labute approximate surface area is 232 Å². The lowest BCUT2D eigenvalue weighted by molar-refractivity contribution is -0.0330. The molecule has 3 aromatic heterocycles. The lowest BCUT2D eigenvalue weighted by Gasteiger charge is -2.25. The molecule has 3 N–H and O–H groups in total. The van der Waals surface area contributed by atoms with Crippen LogP contribution in [0.2, 0.25) is 0 Å². The second kappa shape index (κ2) is 11.4. The number of aromatic nitrogens is 4. The largest absolute Gasteiger partial charge is 0.495 e. The van der Waals surface area contributed by atoms with Crippen LogP contribution in [0.4, 0.5) is 24.5 Å². The Hall–Kier alpha value is -4.31. The first-order chi connectivity index (χ1) is 19.3. The van der Waals surface area contributed by atoms with Gasteiger partial charge in [-0.3, -0.25) is 13.9 Å². The maximum absolute atomic E-state index is 13.5. The number of carbonyl (C=O) groups excluding carboxylic acids is 1. The summed E-state index contributed by atoms with van der Waals surface area (Å²) in [4.78, 5) is 16.4. The van der Waals surface area contributed by atoms with Crippen molar-refractivity contribution in [2.75, 3.05) is 31.3 Å². The Morgan fingerprint density at radius 1 is 1.25 bits per heavy atom. The average molecular weight is 570 g/mol.